The second-order valence-corrected chi connectivity index (χ2v) is 7.29. The highest BCUT2D eigenvalue weighted by Gasteiger charge is 2.36. The fourth-order valence-electron chi connectivity index (χ4n) is 2.90. The summed E-state index contributed by atoms with van der Waals surface area (Å²) in [6, 6.07) is 12.0. The Hall–Kier alpha value is -1.55. The summed E-state index contributed by atoms with van der Waals surface area (Å²) in [6.45, 7) is 4.24. The number of rotatable bonds is 6. The summed E-state index contributed by atoms with van der Waals surface area (Å²) >= 11 is 3.52. The molecule has 1 amide bonds. The van der Waals surface area contributed by atoms with Crippen LogP contribution in [0.15, 0.2) is 45.3 Å². The SMILES string of the molecule is CC(NC(=O)CCc1ccc(C2CC2C)o1)c1ccccc1Br. The summed E-state index contributed by atoms with van der Waals surface area (Å²) in [6.07, 6.45) is 2.31. The van der Waals surface area contributed by atoms with E-state index in [9.17, 15) is 4.79 Å². The van der Waals surface area contributed by atoms with E-state index in [1.165, 1.54) is 6.42 Å². The topological polar surface area (TPSA) is 42.2 Å². The lowest BCUT2D eigenvalue weighted by molar-refractivity contribution is -0.121. The average molecular weight is 376 g/mol. The third-order valence-corrected chi connectivity index (χ3v) is 5.23. The van der Waals surface area contributed by atoms with E-state index < -0.39 is 0 Å². The van der Waals surface area contributed by atoms with Gasteiger partial charge in [-0.15, -0.1) is 0 Å². The van der Waals surface area contributed by atoms with Crippen LogP contribution in [0.25, 0.3) is 0 Å². The molecule has 122 valence electrons. The van der Waals surface area contributed by atoms with E-state index in [4.69, 9.17) is 4.42 Å². The summed E-state index contributed by atoms with van der Waals surface area (Å²) in [4.78, 5) is 12.1. The van der Waals surface area contributed by atoms with E-state index in [1.54, 1.807) is 0 Å². The van der Waals surface area contributed by atoms with Crippen LogP contribution in [0.5, 0.6) is 0 Å². The van der Waals surface area contributed by atoms with E-state index >= 15 is 0 Å². The van der Waals surface area contributed by atoms with Crippen LogP contribution in [0.3, 0.4) is 0 Å². The third kappa shape index (κ3) is 4.05. The van der Waals surface area contributed by atoms with Gasteiger partial charge in [0.25, 0.3) is 0 Å². The Balaban J connectivity index is 1.49. The molecular formula is C19H22BrNO2. The van der Waals surface area contributed by atoms with Crippen molar-refractivity contribution in [1.82, 2.24) is 5.32 Å². The lowest BCUT2D eigenvalue weighted by atomic mass is 10.1. The molecular weight excluding hydrogens is 354 g/mol. The first-order valence-electron chi connectivity index (χ1n) is 8.17. The molecule has 1 fully saturated rings. The number of carbonyl (C=O) groups is 1. The molecule has 3 nitrogen and oxygen atoms in total. The van der Waals surface area contributed by atoms with Gasteiger partial charge in [0.15, 0.2) is 0 Å². The van der Waals surface area contributed by atoms with Gasteiger partial charge in [-0.1, -0.05) is 41.1 Å². The zero-order valence-electron chi connectivity index (χ0n) is 13.5. The number of hydrogen-bond donors (Lipinski definition) is 1. The number of carbonyl (C=O) groups excluding carboxylic acids is 1. The molecule has 1 aliphatic rings. The molecule has 3 atom stereocenters. The molecule has 3 rings (SSSR count). The predicted molar refractivity (Wildman–Crippen MR) is 94.3 cm³/mol. The van der Waals surface area contributed by atoms with Gasteiger partial charge in [0.2, 0.25) is 5.91 Å². The quantitative estimate of drug-likeness (QED) is 0.773. The zero-order chi connectivity index (χ0) is 16.4. The van der Waals surface area contributed by atoms with Gasteiger partial charge in [0.05, 0.1) is 6.04 Å². The minimum atomic E-state index is -0.0162. The first-order chi connectivity index (χ1) is 11.0. The maximum absolute atomic E-state index is 12.1. The van der Waals surface area contributed by atoms with Crippen molar-refractivity contribution in [2.75, 3.05) is 0 Å². The van der Waals surface area contributed by atoms with Crippen LogP contribution in [0.1, 0.15) is 55.7 Å². The number of furan rings is 1. The van der Waals surface area contributed by atoms with Gasteiger partial charge in [-0.05, 0) is 43.0 Å². The molecule has 3 unspecified atom stereocenters. The van der Waals surface area contributed by atoms with E-state index in [-0.39, 0.29) is 11.9 Å². The maximum Gasteiger partial charge on any atom is 0.220 e. The molecule has 1 aromatic carbocycles. The molecule has 0 aliphatic heterocycles. The Morgan fingerprint density at radius 1 is 1.35 bits per heavy atom. The van der Waals surface area contributed by atoms with Crippen molar-refractivity contribution in [2.24, 2.45) is 5.92 Å². The molecule has 2 aromatic rings. The van der Waals surface area contributed by atoms with E-state index in [0.717, 1.165) is 27.5 Å². The van der Waals surface area contributed by atoms with Crippen LogP contribution in [0.4, 0.5) is 0 Å². The van der Waals surface area contributed by atoms with Crippen molar-refractivity contribution >= 4 is 21.8 Å². The van der Waals surface area contributed by atoms with Crippen molar-refractivity contribution in [1.29, 1.82) is 0 Å². The summed E-state index contributed by atoms with van der Waals surface area (Å²) in [5, 5.41) is 3.05. The lowest BCUT2D eigenvalue weighted by Gasteiger charge is -2.15. The number of nitrogens with one attached hydrogen (secondary N) is 1. The number of aryl methyl sites for hydroxylation is 1. The summed E-state index contributed by atoms with van der Waals surface area (Å²) < 4.78 is 6.87. The Labute approximate surface area is 145 Å². The van der Waals surface area contributed by atoms with Gasteiger partial charge in [-0.25, -0.2) is 0 Å². The second kappa shape index (κ2) is 6.91. The van der Waals surface area contributed by atoms with Crippen molar-refractivity contribution in [3.05, 3.63) is 58.0 Å². The lowest BCUT2D eigenvalue weighted by Crippen LogP contribution is -2.27. The molecule has 0 spiro atoms. The standard InChI is InChI=1S/C19H22BrNO2/c1-12-11-16(12)18-9-7-14(23-18)8-10-19(22)21-13(2)15-5-3-4-6-17(15)20/h3-7,9,12-13,16H,8,10-11H2,1-2H3,(H,21,22). The largest absolute Gasteiger partial charge is 0.466 e. The van der Waals surface area contributed by atoms with Gasteiger partial charge >= 0.3 is 0 Å². The molecule has 4 heteroatoms. The number of hydrogen-bond acceptors (Lipinski definition) is 2. The molecule has 1 heterocycles. The fourth-order valence-corrected chi connectivity index (χ4v) is 3.53. The Kier molecular flexibility index (Phi) is 4.90. The Morgan fingerprint density at radius 3 is 2.78 bits per heavy atom. The van der Waals surface area contributed by atoms with Crippen LogP contribution in [0, 0.1) is 5.92 Å². The normalized spacial score (nSPS) is 21.0. The molecule has 23 heavy (non-hydrogen) atoms. The zero-order valence-corrected chi connectivity index (χ0v) is 15.1. The Morgan fingerprint density at radius 2 is 2.09 bits per heavy atom. The van der Waals surface area contributed by atoms with Crippen LogP contribution in [-0.4, -0.2) is 5.91 Å². The fraction of sp³-hybridized carbons (Fsp3) is 0.421. The molecule has 0 saturated heterocycles. The first kappa shape index (κ1) is 16.3. The first-order valence-corrected chi connectivity index (χ1v) is 8.96. The van der Waals surface area contributed by atoms with E-state index in [2.05, 4.69) is 34.2 Å². The summed E-state index contributed by atoms with van der Waals surface area (Å²) in [5.74, 6) is 3.36. The molecule has 1 aliphatic carbocycles. The second-order valence-electron chi connectivity index (χ2n) is 6.43. The van der Waals surface area contributed by atoms with Crippen LogP contribution >= 0.6 is 15.9 Å². The van der Waals surface area contributed by atoms with Crippen molar-refractivity contribution in [2.45, 2.75) is 45.1 Å². The minimum Gasteiger partial charge on any atom is -0.466 e. The van der Waals surface area contributed by atoms with E-state index in [1.807, 2.05) is 37.3 Å². The van der Waals surface area contributed by atoms with Crippen molar-refractivity contribution < 1.29 is 9.21 Å². The van der Waals surface area contributed by atoms with Gasteiger partial charge < -0.3 is 9.73 Å². The van der Waals surface area contributed by atoms with Gasteiger partial charge in [-0.2, -0.15) is 0 Å². The third-order valence-electron chi connectivity index (χ3n) is 4.51. The minimum absolute atomic E-state index is 0.0162. The van der Waals surface area contributed by atoms with Crippen LogP contribution in [-0.2, 0) is 11.2 Å². The van der Waals surface area contributed by atoms with Gasteiger partial charge in [-0.3, -0.25) is 4.79 Å². The number of amides is 1. The van der Waals surface area contributed by atoms with E-state index in [0.29, 0.717) is 18.8 Å². The van der Waals surface area contributed by atoms with Gasteiger partial charge in [0.1, 0.15) is 11.5 Å². The number of benzene rings is 1. The molecule has 0 bridgehead atoms. The monoisotopic (exact) mass is 375 g/mol. The highest BCUT2D eigenvalue weighted by atomic mass is 79.9. The molecule has 1 N–H and O–H groups in total. The number of halogens is 1. The Bertz CT molecular complexity index is 694. The molecule has 1 saturated carbocycles. The average Bonchev–Trinajstić information content (AvgIpc) is 3.07. The van der Waals surface area contributed by atoms with Crippen molar-refractivity contribution in [3.8, 4) is 0 Å². The summed E-state index contributed by atoms with van der Waals surface area (Å²) in [5.41, 5.74) is 1.09. The van der Waals surface area contributed by atoms with Crippen LogP contribution < -0.4 is 5.32 Å². The maximum atomic E-state index is 12.1. The molecule has 0 radical (unpaired) electrons. The van der Waals surface area contributed by atoms with Crippen molar-refractivity contribution in [3.63, 3.8) is 0 Å². The smallest absolute Gasteiger partial charge is 0.220 e. The highest BCUT2D eigenvalue weighted by Crippen LogP contribution is 2.47. The predicted octanol–water partition coefficient (Wildman–Crippen LogP) is 4.98. The van der Waals surface area contributed by atoms with Crippen LogP contribution in [0.2, 0.25) is 0 Å². The molecule has 1 aromatic heterocycles. The summed E-state index contributed by atoms with van der Waals surface area (Å²) in [7, 11) is 0. The van der Waals surface area contributed by atoms with Gasteiger partial charge in [0, 0.05) is 23.2 Å². The highest BCUT2D eigenvalue weighted by molar-refractivity contribution is 9.10.